The highest BCUT2D eigenvalue weighted by molar-refractivity contribution is 8.00. The van der Waals surface area contributed by atoms with Gasteiger partial charge in [0, 0.05) is 27.8 Å². The van der Waals surface area contributed by atoms with Gasteiger partial charge in [0.2, 0.25) is 5.91 Å². The fraction of sp³-hybridized carbons (Fsp3) is 0.190. The fourth-order valence-electron chi connectivity index (χ4n) is 2.65. The minimum absolute atomic E-state index is 0.0830. The number of nitrogens with zero attached hydrogens (tertiary/aromatic N) is 3. The molecule has 0 aliphatic heterocycles. The number of carbonyl (C=O) groups is 1. The number of amides is 1. The van der Waals surface area contributed by atoms with Gasteiger partial charge in [-0.15, -0.1) is 28.5 Å². The van der Waals surface area contributed by atoms with Crippen molar-refractivity contribution in [2.24, 2.45) is 0 Å². The van der Waals surface area contributed by atoms with Gasteiger partial charge in [-0.05, 0) is 43.3 Å². The average molecular weight is 445 g/mol. The lowest BCUT2D eigenvalue weighted by Crippen LogP contribution is -2.15. The third-order valence-electron chi connectivity index (χ3n) is 3.99. The summed E-state index contributed by atoms with van der Waals surface area (Å²) in [5, 5.41) is 12.9. The van der Waals surface area contributed by atoms with Crippen molar-refractivity contribution in [3.05, 3.63) is 66.2 Å². The van der Waals surface area contributed by atoms with Crippen LogP contribution in [0.2, 0.25) is 5.02 Å². The summed E-state index contributed by atoms with van der Waals surface area (Å²) in [5.74, 6) is 1.71. The summed E-state index contributed by atoms with van der Waals surface area (Å²) in [6, 6.07) is 15.2. The van der Waals surface area contributed by atoms with Crippen LogP contribution in [-0.2, 0) is 11.3 Å². The zero-order chi connectivity index (χ0) is 20.6. The summed E-state index contributed by atoms with van der Waals surface area (Å²) in [6.45, 7) is 6.47. The topological polar surface area (TPSA) is 59.8 Å². The van der Waals surface area contributed by atoms with E-state index in [9.17, 15) is 4.79 Å². The van der Waals surface area contributed by atoms with Crippen LogP contribution < -0.4 is 5.32 Å². The van der Waals surface area contributed by atoms with Crippen molar-refractivity contribution in [2.45, 2.75) is 23.5 Å². The Hall–Kier alpha value is -2.22. The number of thioether (sulfide) groups is 2. The van der Waals surface area contributed by atoms with Crippen LogP contribution in [0.25, 0.3) is 11.4 Å². The maximum absolute atomic E-state index is 12.5. The average Bonchev–Trinajstić information content (AvgIpc) is 3.15. The number of aromatic nitrogens is 3. The Morgan fingerprint density at radius 3 is 2.66 bits per heavy atom. The summed E-state index contributed by atoms with van der Waals surface area (Å²) >= 11 is 8.98. The molecule has 0 spiro atoms. The van der Waals surface area contributed by atoms with Gasteiger partial charge in [0.1, 0.15) is 0 Å². The second kappa shape index (κ2) is 10.5. The van der Waals surface area contributed by atoms with Gasteiger partial charge in [0.15, 0.2) is 11.0 Å². The van der Waals surface area contributed by atoms with Gasteiger partial charge in [-0.25, -0.2) is 0 Å². The molecule has 1 N–H and O–H groups in total. The second-order valence-corrected chi connectivity index (χ2v) is 8.43. The van der Waals surface area contributed by atoms with Gasteiger partial charge in [-0.1, -0.05) is 41.6 Å². The zero-order valence-corrected chi connectivity index (χ0v) is 18.4. The molecule has 3 aromatic rings. The Labute approximate surface area is 183 Å². The Balaban J connectivity index is 1.67. The van der Waals surface area contributed by atoms with Crippen molar-refractivity contribution < 1.29 is 4.79 Å². The number of nitrogens with one attached hydrogen (secondary N) is 1. The highest BCUT2D eigenvalue weighted by Crippen LogP contribution is 2.28. The standard InChI is InChI=1S/C21H21ClN4OS2/c1-3-13-28-18-8-6-5-7-17(18)23-19(27)14-29-21-25-24-20(26(21)4-2)15-9-11-16(22)12-10-15/h3,5-12H,1,4,13-14H2,2H3,(H,23,27). The Morgan fingerprint density at radius 1 is 1.17 bits per heavy atom. The van der Waals surface area contributed by atoms with Crippen LogP contribution in [-0.4, -0.2) is 32.2 Å². The van der Waals surface area contributed by atoms with Gasteiger partial charge < -0.3 is 9.88 Å². The van der Waals surface area contributed by atoms with E-state index in [0.717, 1.165) is 27.7 Å². The van der Waals surface area contributed by atoms with E-state index in [-0.39, 0.29) is 11.7 Å². The molecule has 150 valence electrons. The van der Waals surface area contributed by atoms with E-state index in [2.05, 4.69) is 22.1 Å². The number of para-hydroxylation sites is 1. The number of benzene rings is 2. The molecule has 0 saturated heterocycles. The van der Waals surface area contributed by atoms with Crippen molar-refractivity contribution >= 4 is 46.7 Å². The van der Waals surface area contributed by atoms with Gasteiger partial charge in [0.05, 0.1) is 11.4 Å². The number of halogens is 1. The van der Waals surface area contributed by atoms with Crippen molar-refractivity contribution in [3.8, 4) is 11.4 Å². The molecule has 29 heavy (non-hydrogen) atoms. The van der Waals surface area contributed by atoms with Crippen molar-refractivity contribution in [1.82, 2.24) is 14.8 Å². The molecule has 1 amide bonds. The lowest BCUT2D eigenvalue weighted by Gasteiger charge is -2.10. The van der Waals surface area contributed by atoms with E-state index < -0.39 is 0 Å². The first kappa shape index (κ1) is 21.5. The molecule has 1 heterocycles. The SMILES string of the molecule is C=CCSc1ccccc1NC(=O)CSc1nnc(-c2ccc(Cl)cc2)n1CC. The molecule has 1 aromatic heterocycles. The first-order chi connectivity index (χ1) is 14.1. The number of hydrogen-bond donors (Lipinski definition) is 1. The van der Waals surface area contributed by atoms with E-state index >= 15 is 0 Å². The maximum atomic E-state index is 12.5. The van der Waals surface area contributed by atoms with E-state index in [1.54, 1.807) is 11.8 Å². The maximum Gasteiger partial charge on any atom is 0.234 e. The minimum Gasteiger partial charge on any atom is -0.324 e. The number of anilines is 1. The van der Waals surface area contributed by atoms with Gasteiger partial charge >= 0.3 is 0 Å². The van der Waals surface area contributed by atoms with Crippen molar-refractivity contribution in [3.63, 3.8) is 0 Å². The summed E-state index contributed by atoms with van der Waals surface area (Å²) in [7, 11) is 0. The zero-order valence-electron chi connectivity index (χ0n) is 16.0. The number of carbonyl (C=O) groups excluding carboxylic acids is 1. The molecule has 0 aliphatic rings. The Bertz CT molecular complexity index is 989. The molecule has 0 aliphatic carbocycles. The van der Waals surface area contributed by atoms with E-state index in [0.29, 0.717) is 16.7 Å². The normalized spacial score (nSPS) is 10.7. The van der Waals surface area contributed by atoms with E-state index in [1.807, 2.05) is 66.1 Å². The monoisotopic (exact) mass is 444 g/mol. The Morgan fingerprint density at radius 2 is 1.93 bits per heavy atom. The fourth-order valence-corrected chi connectivity index (χ4v) is 4.33. The molecule has 5 nitrogen and oxygen atoms in total. The van der Waals surface area contributed by atoms with E-state index in [1.165, 1.54) is 11.8 Å². The van der Waals surface area contributed by atoms with Crippen molar-refractivity contribution in [2.75, 3.05) is 16.8 Å². The highest BCUT2D eigenvalue weighted by atomic mass is 35.5. The van der Waals surface area contributed by atoms with E-state index in [4.69, 9.17) is 11.6 Å². The lowest BCUT2D eigenvalue weighted by molar-refractivity contribution is -0.113. The van der Waals surface area contributed by atoms with Crippen LogP contribution in [0.4, 0.5) is 5.69 Å². The molecule has 0 fully saturated rings. The highest BCUT2D eigenvalue weighted by Gasteiger charge is 2.15. The molecule has 2 aromatic carbocycles. The van der Waals surface area contributed by atoms with Crippen LogP contribution in [0.1, 0.15) is 6.92 Å². The molecule has 0 radical (unpaired) electrons. The predicted molar refractivity (Wildman–Crippen MR) is 123 cm³/mol. The largest absolute Gasteiger partial charge is 0.324 e. The summed E-state index contributed by atoms with van der Waals surface area (Å²) in [4.78, 5) is 13.5. The van der Waals surface area contributed by atoms with Gasteiger partial charge in [-0.2, -0.15) is 0 Å². The molecular weight excluding hydrogens is 424 g/mol. The van der Waals surface area contributed by atoms with Crippen LogP contribution in [0.3, 0.4) is 0 Å². The smallest absolute Gasteiger partial charge is 0.234 e. The summed E-state index contributed by atoms with van der Waals surface area (Å²) in [5.41, 5.74) is 1.75. The molecule has 0 atom stereocenters. The molecule has 0 bridgehead atoms. The molecule has 0 saturated carbocycles. The first-order valence-electron chi connectivity index (χ1n) is 9.07. The summed E-state index contributed by atoms with van der Waals surface area (Å²) in [6.07, 6.45) is 1.84. The van der Waals surface area contributed by atoms with Crippen LogP contribution in [0.5, 0.6) is 0 Å². The molecule has 0 unspecified atom stereocenters. The third-order valence-corrected chi connectivity index (χ3v) is 6.27. The summed E-state index contributed by atoms with van der Waals surface area (Å²) < 4.78 is 2.00. The lowest BCUT2D eigenvalue weighted by atomic mass is 10.2. The Kier molecular flexibility index (Phi) is 7.80. The predicted octanol–water partition coefficient (Wildman–Crippen LogP) is 5.63. The number of hydrogen-bond acceptors (Lipinski definition) is 5. The van der Waals surface area contributed by atoms with Gasteiger partial charge in [0.25, 0.3) is 0 Å². The molecule has 3 rings (SSSR count). The third kappa shape index (κ3) is 5.65. The first-order valence-corrected chi connectivity index (χ1v) is 11.4. The minimum atomic E-state index is -0.0830. The van der Waals surface area contributed by atoms with Crippen molar-refractivity contribution in [1.29, 1.82) is 0 Å². The van der Waals surface area contributed by atoms with Crippen LogP contribution in [0.15, 0.2) is 71.2 Å². The van der Waals surface area contributed by atoms with Crippen LogP contribution in [0, 0.1) is 0 Å². The second-order valence-electron chi connectivity index (χ2n) is 5.99. The van der Waals surface area contributed by atoms with Crippen LogP contribution >= 0.6 is 35.1 Å². The number of rotatable bonds is 9. The molecule has 8 heteroatoms. The van der Waals surface area contributed by atoms with Gasteiger partial charge in [-0.3, -0.25) is 4.79 Å². The quantitative estimate of drug-likeness (QED) is 0.342. The molecular formula is C21H21ClN4OS2.